The highest BCUT2D eigenvalue weighted by Gasteiger charge is 2.24. The third-order valence-corrected chi connectivity index (χ3v) is 13.5. The van der Waals surface area contributed by atoms with Crippen molar-refractivity contribution in [2.24, 2.45) is 9.98 Å². The molecule has 10 aromatic rings. The summed E-state index contributed by atoms with van der Waals surface area (Å²) in [6.45, 7) is 7.01. The van der Waals surface area contributed by atoms with E-state index in [1.165, 1.54) is 80.3 Å². The first-order chi connectivity index (χ1) is 28.4. The second kappa shape index (κ2) is 13.5. The normalized spacial score (nSPS) is 14.7. The van der Waals surface area contributed by atoms with Crippen molar-refractivity contribution in [2.45, 2.75) is 38.8 Å². The van der Waals surface area contributed by atoms with E-state index in [0.29, 0.717) is 0 Å². The topological polar surface area (TPSA) is 36.8 Å². The maximum Gasteiger partial charge on any atom is 0.169 e. The van der Waals surface area contributed by atoms with Gasteiger partial charge in [-0.1, -0.05) is 160 Å². The van der Waals surface area contributed by atoms with Gasteiger partial charge in [0.25, 0.3) is 0 Å². The Morgan fingerprint density at radius 2 is 1.10 bits per heavy atom. The van der Waals surface area contributed by atoms with Gasteiger partial charge in [0.1, 0.15) is 11.7 Å². The standard InChI is InChI=1S/C54H41N3S/c1-4-54(2,3)42-29-39(28-40(30-42)41-31-46-44-18-11-10-17-43(44)45-19-12-20-47-49(45)50(46)48(32-41)58-47)34-21-24-36(25-22-34)52-55-51(35-14-6-5-7-15-35)56-53(57-52)38-26-23-33-13-8-9-16-37(33)27-38/h5-32,52H,4H2,1-3H3,(H,55,56,57). The van der Waals surface area contributed by atoms with Crippen molar-refractivity contribution >= 4 is 75.5 Å². The van der Waals surface area contributed by atoms with Crippen molar-refractivity contribution in [1.29, 1.82) is 0 Å². The molecule has 1 atom stereocenters. The average molecular weight is 764 g/mol. The molecule has 1 N–H and O–H groups in total. The molecule has 278 valence electrons. The van der Waals surface area contributed by atoms with Crippen LogP contribution in [0.5, 0.6) is 0 Å². The molecule has 0 saturated carbocycles. The van der Waals surface area contributed by atoms with E-state index in [0.717, 1.165) is 34.8 Å². The number of rotatable bonds is 7. The minimum absolute atomic E-state index is 0.00765. The van der Waals surface area contributed by atoms with Crippen LogP contribution in [0.25, 0.3) is 74.7 Å². The molecular formula is C54H41N3S. The van der Waals surface area contributed by atoms with Crippen molar-refractivity contribution in [3.8, 4) is 22.3 Å². The van der Waals surface area contributed by atoms with Crippen LogP contribution in [0.2, 0.25) is 0 Å². The fourth-order valence-electron chi connectivity index (χ4n) is 8.73. The Balaban J connectivity index is 1.02. The minimum atomic E-state index is -0.388. The molecule has 58 heavy (non-hydrogen) atoms. The lowest BCUT2D eigenvalue weighted by Crippen LogP contribution is -2.36. The quantitative estimate of drug-likeness (QED) is 0.161. The molecule has 1 aromatic heterocycles. The Morgan fingerprint density at radius 1 is 0.483 bits per heavy atom. The minimum Gasteiger partial charge on any atom is -0.324 e. The van der Waals surface area contributed by atoms with Gasteiger partial charge < -0.3 is 5.32 Å². The lowest BCUT2D eigenvalue weighted by molar-refractivity contribution is 0.506. The summed E-state index contributed by atoms with van der Waals surface area (Å²) in [5.41, 5.74) is 9.38. The van der Waals surface area contributed by atoms with E-state index in [2.05, 4.69) is 190 Å². The highest BCUT2D eigenvalue weighted by Crippen LogP contribution is 2.47. The number of benzene rings is 9. The molecule has 0 saturated heterocycles. The van der Waals surface area contributed by atoms with Gasteiger partial charge >= 0.3 is 0 Å². The number of thiophene rings is 1. The fraction of sp³-hybridized carbons (Fsp3) is 0.111. The Hall–Kier alpha value is -6.62. The van der Waals surface area contributed by atoms with Gasteiger partial charge in [-0.05, 0) is 108 Å². The number of aliphatic imine (C=N–C) groups is 2. The summed E-state index contributed by atoms with van der Waals surface area (Å²) in [6, 6.07) is 62.0. The van der Waals surface area contributed by atoms with Crippen LogP contribution < -0.4 is 5.32 Å². The Bertz CT molecular complexity index is 3260. The van der Waals surface area contributed by atoms with E-state index >= 15 is 0 Å². The third kappa shape index (κ3) is 5.78. The molecule has 3 nitrogen and oxygen atoms in total. The lowest BCUT2D eigenvalue weighted by atomic mass is 9.79. The van der Waals surface area contributed by atoms with Crippen LogP contribution in [0.3, 0.4) is 0 Å². The molecule has 1 aliphatic heterocycles. The molecule has 4 heteroatoms. The monoisotopic (exact) mass is 763 g/mol. The third-order valence-electron chi connectivity index (χ3n) is 12.4. The number of hydrogen-bond donors (Lipinski definition) is 1. The van der Waals surface area contributed by atoms with Gasteiger partial charge in [0.15, 0.2) is 6.17 Å². The number of nitrogens with zero attached hydrogens (tertiary/aromatic N) is 2. The summed E-state index contributed by atoms with van der Waals surface area (Å²) in [7, 11) is 0. The average Bonchev–Trinajstić information content (AvgIpc) is 3.67. The molecule has 0 amide bonds. The Kier molecular flexibility index (Phi) is 8.06. The van der Waals surface area contributed by atoms with E-state index in [1.54, 1.807) is 0 Å². The highest BCUT2D eigenvalue weighted by atomic mass is 32.1. The zero-order valence-corrected chi connectivity index (χ0v) is 33.6. The second-order valence-corrected chi connectivity index (χ2v) is 17.3. The number of nitrogens with one attached hydrogen (secondary N) is 1. The predicted molar refractivity (Wildman–Crippen MR) is 249 cm³/mol. The molecule has 2 heterocycles. The van der Waals surface area contributed by atoms with Crippen molar-refractivity contribution in [1.82, 2.24) is 5.32 Å². The SMILES string of the molecule is CCC(C)(C)c1cc(-c2ccc(C3N=C(c4ccccc4)NC(c4ccc5ccccc5c4)=N3)cc2)cc(-c2cc3sc4cccc5c6ccccc6c(c2)c3c45)c1. The molecule has 9 aromatic carbocycles. The van der Waals surface area contributed by atoms with E-state index in [4.69, 9.17) is 9.98 Å². The summed E-state index contributed by atoms with van der Waals surface area (Å²) in [5.74, 6) is 1.64. The van der Waals surface area contributed by atoms with E-state index in [9.17, 15) is 0 Å². The fourth-order valence-corrected chi connectivity index (χ4v) is 9.93. The number of amidine groups is 2. The molecule has 11 rings (SSSR count). The van der Waals surface area contributed by atoms with Crippen LogP contribution in [0.4, 0.5) is 0 Å². The van der Waals surface area contributed by atoms with Crippen LogP contribution in [-0.4, -0.2) is 11.7 Å². The predicted octanol–water partition coefficient (Wildman–Crippen LogP) is 14.5. The Morgan fingerprint density at radius 3 is 1.88 bits per heavy atom. The zero-order chi connectivity index (χ0) is 39.0. The molecule has 1 unspecified atom stereocenters. The van der Waals surface area contributed by atoms with E-state index in [-0.39, 0.29) is 11.6 Å². The first-order valence-electron chi connectivity index (χ1n) is 20.2. The molecule has 1 aliphatic rings. The van der Waals surface area contributed by atoms with Crippen molar-refractivity contribution < 1.29 is 0 Å². The summed E-state index contributed by atoms with van der Waals surface area (Å²) in [5, 5.41) is 14.1. The Labute approximate surface area is 342 Å². The van der Waals surface area contributed by atoms with Gasteiger partial charge in [-0.25, -0.2) is 9.98 Å². The maximum atomic E-state index is 5.21. The second-order valence-electron chi connectivity index (χ2n) is 16.3. The molecule has 0 fully saturated rings. The van der Waals surface area contributed by atoms with Crippen LogP contribution in [0.1, 0.15) is 55.6 Å². The molecule has 0 spiro atoms. The van der Waals surface area contributed by atoms with E-state index < -0.39 is 0 Å². The van der Waals surface area contributed by atoms with E-state index in [1.807, 2.05) is 17.4 Å². The molecule has 0 radical (unpaired) electrons. The highest BCUT2D eigenvalue weighted by molar-refractivity contribution is 7.26. The first kappa shape index (κ1) is 34.6. The van der Waals surface area contributed by atoms with Gasteiger partial charge in [-0.15, -0.1) is 11.3 Å². The van der Waals surface area contributed by atoms with Gasteiger partial charge in [-0.3, -0.25) is 0 Å². The van der Waals surface area contributed by atoms with Crippen LogP contribution in [0.15, 0.2) is 180 Å². The molecular weight excluding hydrogens is 723 g/mol. The van der Waals surface area contributed by atoms with Gasteiger partial charge in [0, 0.05) is 31.3 Å². The van der Waals surface area contributed by atoms with Gasteiger partial charge in [0.05, 0.1) is 0 Å². The first-order valence-corrected chi connectivity index (χ1v) is 21.0. The number of fused-ring (bicyclic) bond motifs is 4. The van der Waals surface area contributed by atoms with Gasteiger partial charge in [-0.2, -0.15) is 0 Å². The van der Waals surface area contributed by atoms with Gasteiger partial charge in [0.2, 0.25) is 0 Å². The number of hydrogen-bond acceptors (Lipinski definition) is 4. The van der Waals surface area contributed by atoms with Crippen molar-refractivity contribution in [3.63, 3.8) is 0 Å². The molecule has 0 bridgehead atoms. The summed E-state index contributed by atoms with van der Waals surface area (Å²) in [6.07, 6.45) is 0.655. The lowest BCUT2D eigenvalue weighted by Gasteiger charge is -2.25. The van der Waals surface area contributed by atoms with Crippen LogP contribution >= 0.6 is 11.3 Å². The smallest absolute Gasteiger partial charge is 0.169 e. The van der Waals surface area contributed by atoms with Crippen LogP contribution in [-0.2, 0) is 5.41 Å². The summed E-state index contributed by atoms with van der Waals surface area (Å²) < 4.78 is 2.70. The van der Waals surface area contributed by atoms with Crippen LogP contribution in [0, 0.1) is 0 Å². The molecule has 0 aliphatic carbocycles. The summed E-state index contributed by atoms with van der Waals surface area (Å²) in [4.78, 5) is 10.4. The maximum absolute atomic E-state index is 5.21. The van der Waals surface area contributed by atoms with Crippen molar-refractivity contribution in [2.75, 3.05) is 0 Å². The zero-order valence-electron chi connectivity index (χ0n) is 32.8. The largest absolute Gasteiger partial charge is 0.324 e. The van der Waals surface area contributed by atoms with Crippen molar-refractivity contribution in [3.05, 3.63) is 192 Å². The summed E-state index contributed by atoms with van der Waals surface area (Å²) >= 11 is 1.91.